The van der Waals surface area contributed by atoms with Crippen LogP contribution in [0.2, 0.25) is 0 Å². The summed E-state index contributed by atoms with van der Waals surface area (Å²) in [7, 11) is 0. The second-order valence-electron chi connectivity index (χ2n) is 10.3. The predicted molar refractivity (Wildman–Crippen MR) is 143 cm³/mol. The molecule has 1 N–H and O–H groups in total. The third kappa shape index (κ3) is 8.61. The minimum absolute atomic E-state index is 0.0210. The first kappa shape index (κ1) is 28.7. The number of H-pyrrole nitrogens is 1. The Hall–Kier alpha value is -2.83. The first-order chi connectivity index (χ1) is 18.0. The number of unbranched alkanes of at least 4 members (excludes halogenated alkanes) is 14. The van der Waals surface area contributed by atoms with Gasteiger partial charge in [-0.15, -0.1) is 0 Å². The topological polar surface area (TPSA) is 83.1 Å². The van der Waals surface area contributed by atoms with Crippen LogP contribution in [0.25, 0.3) is 0 Å². The van der Waals surface area contributed by atoms with E-state index in [0.29, 0.717) is 12.0 Å². The molecular weight excluding hydrogens is 469 g/mol. The molecule has 6 nitrogen and oxygen atoms in total. The summed E-state index contributed by atoms with van der Waals surface area (Å²) in [6.07, 6.45) is 19.1. The lowest BCUT2D eigenvalue weighted by atomic mass is 10.0. The molecule has 0 saturated carbocycles. The van der Waals surface area contributed by atoms with Crippen LogP contribution >= 0.6 is 0 Å². The number of nitrogens with one attached hydrogen (secondary N) is 1. The van der Waals surface area contributed by atoms with Crippen LogP contribution in [0.3, 0.4) is 0 Å². The average molecular weight is 512 g/mol. The Morgan fingerprint density at radius 2 is 1.30 bits per heavy atom. The van der Waals surface area contributed by atoms with Crippen molar-refractivity contribution in [3.8, 4) is 0 Å². The van der Waals surface area contributed by atoms with Gasteiger partial charge in [-0.25, -0.2) is 4.39 Å². The van der Waals surface area contributed by atoms with Gasteiger partial charge in [0.15, 0.2) is 5.78 Å². The molecule has 202 valence electrons. The molecule has 1 aliphatic heterocycles. The Kier molecular flexibility index (Phi) is 12.0. The number of carbonyl (C=O) groups is 3. The van der Waals surface area contributed by atoms with E-state index in [-0.39, 0.29) is 35.1 Å². The molecule has 2 aromatic rings. The Bertz CT molecular complexity index is 1020. The van der Waals surface area contributed by atoms with Gasteiger partial charge in [-0.05, 0) is 24.1 Å². The Morgan fingerprint density at radius 3 is 1.84 bits per heavy atom. The molecule has 1 aromatic heterocycles. The second kappa shape index (κ2) is 15.4. The van der Waals surface area contributed by atoms with E-state index in [0.717, 1.165) is 24.2 Å². The highest BCUT2D eigenvalue weighted by Crippen LogP contribution is 2.27. The molecule has 2 heterocycles. The van der Waals surface area contributed by atoms with Gasteiger partial charge in [0, 0.05) is 6.42 Å². The van der Waals surface area contributed by atoms with E-state index in [1.54, 1.807) is 0 Å². The number of Topliss-reactive ketones (excluding diaryl/α,β-unsaturated/α-hetero) is 1. The van der Waals surface area contributed by atoms with Crippen molar-refractivity contribution in [2.24, 2.45) is 0 Å². The lowest BCUT2D eigenvalue weighted by molar-refractivity contribution is 0.0636. The van der Waals surface area contributed by atoms with Crippen LogP contribution in [-0.2, 0) is 6.54 Å². The molecule has 0 saturated heterocycles. The van der Waals surface area contributed by atoms with E-state index in [9.17, 15) is 18.8 Å². The second-order valence-corrected chi connectivity index (χ2v) is 10.3. The normalized spacial score (nSPS) is 13.0. The summed E-state index contributed by atoms with van der Waals surface area (Å²) in [6, 6.07) is 5.63. The molecule has 0 radical (unpaired) electrons. The smallest absolute Gasteiger partial charge is 0.279 e. The quantitative estimate of drug-likeness (QED) is 0.119. The first-order valence-corrected chi connectivity index (χ1v) is 14.2. The van der Waals surface area contributed by atoms with Crippen LogP contribution in [0.4, 0.5) is 4.39 Å². The van der Waals surface area contributed by atoms with Gasteiger partial charge in [0.2, 0.25) is 0 Å². The standard InChI is InChI=1S/C30H42FN3O3/c1-2-3-4-5-6-7-8-9-10-11-12-13-14-15-16-17-25(35)27-26-28(33-32-27)30(37)34(29(26)36)22-23-18-20-24(31)21-19-23/h18-21H,2-17,22H2,1H3,(H,32,33). The molecule has 0 bridgehead atoms. The number of rotatable bonds is 19. The van der Waals surface area contributed by atoms with E-state index in [4.69, 9.17) is 0 Å². The molecule has 3 rings (SSSR count). The number of halogens is 1. The summed E-state index contributed by atoms with van der Waals surface area (Å²) in [6.45, 7) is 2.28. The fraction of sp³-hybridized carbons (Fsp3) is 0.600. The maximum absolute atomic E-state index is 13.2. The number of benzene rings is 1. The minimum Gasteiger partial charge on any atom is -0.292 e. The van der Waals surface area contributed by atoms with Crippen LogP contribution in [-0.4, -0.2) is 32.7 Å². The monoisotopic (exact) mass is 511 g/mol. The number of carbonyl (C=O) groups excluding carboxylic acids is 3. The minimum atomic E-state index is -0.530. The van der Waals surface area contributed by atoms with Crippen molar-refractivity contribution in [2.75, 3.05) is 0 Å². The molecule has 0 aliphatic carbocycles. The third-order valence-corrected chi connectivity index (χ3v) is 7.21. The maximum atomic E-state index is 13.2. The van der Waals surface area contributed by atoms with Gasteiger partial charge in [0.05, 0.1) is 6.54 Å². The van der Waals surface area contributed by atoms with Gasteiger partial charge in [-0.3, -0.25) is 24.4 Å². The highest BCUT2D eigenvalue weighted by Gasteiger charge is 2.41. The number of hydrogen-bond donors (Lipinski definition) is 1. The molecule has 37 heavy (non-hydrogen) atoms. The van der Waals surface area contributed by atoms with E-state index in [1.807, 2.05) is 0 Å². The highest BCUT2D eigenvalue weighted by molar-refractivity contribution is 6.23. The Morgan fingerprint density at radius 1 is 0.784 bits per heavy atom. The van der Waals surface area contributed by atoms with Gasteiger partial charge in [0.25, 0.3) is 11.8 Å². The molecule has 0 unspecified atom stereocenters. The molecule has 1 aliphatic rings. The van der Waals surface area contributed by atoms with E-state index in [2.05, 4.69) is 17.1 Å². The molecule has 0 spiro atoms. The van der Waals surface area contributed by atoms with Crippen LogP contribution in [0.15, 0.2) is 24.3 Å². The van der Waals surface area contributed by atoms with Crippen molar-refractivity contribution in [1.82, 2.24) is 15.1 Å². The van der Waals surface area contributed by atoms with Crippen molar-refractivity contribution in [1.29, 1.82) is 0 Å². The Labute approximate surface area is 220 Å². The molecular formula is C30H42FN3O3. The summed E-state index contributed by atoms with van der Waals surface area (Å²) in [5.41, 5.74) is 0.817. The molecule has 0 fully saturated rings. The molecule has 7 heteroatoms. The van der Waals surface area contributed by atoms with Crippen molar-refractivity contribution >= 4 is 17.6 Å². The van der Waals surface area contributed by atoms with Gasteiger partial charge >= 0.3 is 0 Å². The SMILES string of the molecule is CCCCCCCCCCCCCCCCCC(=O)c1n[nH]c2c1C(=O)N(Cc1ccc(F)cc1)C2=O. The van der Waals surface area contributed by atoms with Crippen LogP contribution in [0, 0.1) is 5.82 Å². The number of amides is 2. The molecule has 0 atom stereocenters. The Balaban J connectivity index is 1.29. The van der Waals surface area contributed by atoms with Gasteiger partial charge in [-0.1, -0.05) is 109 Å². The summed E-state index contributed by atoms with van der Waals surface area (Å²) < 4.78 is 13.2. The van der Waals surface area contributed by atoms with Crippen LogP contribution in [0.5, 0.6) is 0 Å². The number of aromatic amines is 1. The van der Waals surface area contributed by atoms with Crippen molar-refractivity contribution < 1.29 is 18.8 Å². The number of fused-ring (bicyclic) bond motifs is 1. The van der Waals surface area contributed by atoms with Crippen molar-refractivity contribution in [3.63, 3.8) is 0 Å². The van der Waals surface area contributed by atoms with Crippen molar-refractivity contribution in [2.45, 2.75) is 116 Å². The van der Waals surface area contributed by atoms with E-state index < -0.39 is 11.8 Å². The van der Waals surface area contributed by atoms with Gasteiger partial charge in [-0.2, -0.15) is 5.10 Å². The lowest BCUT2D eigenvalue weighted by Gasteiger charge is -2.14. The number of nitrogens with zero attached hydrogens (tertiary/aromatic N) is 2. The third-order valence-electron chi connectivity index (χ3n) is 7.21. The lowest BCUT2D eigenvalue weighted by Crippen LogP contribution is -2.30. The van der Waals surface area contributed by atoms with Crippen molar-refractivity contribution in [3.05, 3.63) is 52.6 Å². The predicted octanol–water partition coefficient (Wildman–Crippen LogP) is 7.79. The summed E-state index contributed by atoms with van der Waals surface area (Å²) in [5, 5.41) is 6.57. The number of aromatic nitrogens is 2. The zero-order chi connectivity index (χ0) is 26.5. The number of imide groups is 1. The summed E-state index contributed by atoms with van der Waals surface area (Å²) in [5.74, 6) is -1.64. The fourth-order valence-electron chi connectivity index (χ4n) is 4.96. The van der Waals surface area contributed by atoms with Gasteiger partial charge < -0.3 is 0 Å². The van der Waals surface area contributed by atoms with Gasteiger partial charge in [0.1, 0.15) is 22.8 Å². The summed E-state index contributed by atoms with van der Waals surface area (Å²) >= 11 is 0. The average Bonchev–Trinajstić information content (AvgIpc) is 3.43. The van der Waals surface area contributed by atoms with Crippen LogP contribution in [0.1, 0.15) is 147 Å². The number of ketones is 1. The molecule has 1 aromatic carbocycles. The largest absolute Gasteiger partial charge is 0.292 e. The van der Waals surface area contributed by atoms with E-state index in [1.165, 1.54) is 101 Å². The van der Waals surface area contributed by atoms with E-state index >= 15 is 0 Å². The highest BCUT2D eigenvalue weighted by atomic mass is 19.1. The number of hydrogen-bond acceptors (Lipinski definition) is 4. The fourth-order valence-corrected chi connectivity index (χ4v) is 4.96. The maximum Gasteiger partial charge on any atom is 0.279 e. The first-order valence-electron chi connectivity index (χ1n) is 14.2. The zero-order valence-corrected chi connectivity index (χ0v) is 22.3. The zero-order valence-electron chi connectivity index (χ0n) is 22.3. The van der Waals surface area contributed by atoms with Crippen LogP contribution < -0.4 is 0 Å². The molecule has 2 amide bonds. The summed E-state index contributed by atoms with van der Waals surface area (Å²) in [4.78, 5) is 39.4.